The Bertz CT molecular complexity index is 321. The number of hydrogen-bond donors (Lipinski definition) is 0. The van der Waals surface area contributed by atoms with Crippen molar-refractivity contribution in [2.75, 3.05) is 14.2 Å². The standard InChI is InChI=1S/C10H11ClO2/c1-7(12-2)9-6-8(11)4-5-10(9)13-3/h4-6H,1H2,2-3H3. The molecular formula is C10H11ClO2. The molecule has 0 radical (unpaired) electrons. The molecule has 1 aromatic rings. The molecule has 0 spiro atoms. The first-order valence-corrected chi connectivity index (χ1v) is 4.13. The highest BCUT2D eigenvalue weighted by atomic mass is 35.5. The molecule has 0 aliphatic rings. The van der Waals surface area contributed by atoms with Gasteiger partial charge in [0.05, 0.1) is 19.8 Å². The van der Waals surface area contributed by atoms with Crippen molar-refractivity contribution >= 4 is 17.4 Å². The first kappa shape index (κ1) is 9.93. The minimum absolute atomic E-state index is 0.541. The summed E-state index contributed by atoms with van der Waals surface area (Å²) in [5.74, 6) is 1.25. The van der Waals surface area contributed by atoms with Crippen LogP contribution in [0.4, 0.5) is 0 Å². The maximum absolute atomic E-state index is 5.82. The van der Waals surface area contributed by atoms with Crippen LogP contribution in [0.5, 0.6) is 5.75 Å². The molecule has 13 heavy (non-hydrogen) atoms. The zero-order valence-electron chi connectivity index (χ0n) is 7.63. The van der Waals surface area contributed by atoms with Crippen LogP contribution >= 0.6 is 11.6 Å². The van der Waals surface area contributed by atoms with Gasteiger partial charge in [0.2, 0.25) is 0 Å². The Kier molecular flexibility index (Phi) is 3.20. The van der Waals surface area contributed by atoms with Crippen molar-refractivity contribution in [1.82, 2.24) is 0 Å². The van der Waals surface area contributed by atoms with Gasteiger partial charge in [-0.15, -0.1) is 0 Å². The molecule has 0 heterocycles. The Hall–Kier alpha value is -1.15. The van der Waals surface area contributed by atoms with E-state index in [1.54, 1.807) is 32.4 Å². The lowest BCUT2D eigenvalue weighted by molar-refractivity contribution is 0.363. The Morgan fingerprint density at radius 1 is 1.38 bits per heavy atom. The highest BCUT2D eigenvalue weighted by Gasteiger charge is 2.06. The van der Waals surface area contributed by atoms with E-state index in [4.69, 9.17) is 21.1 Å². The quantitative estimate of drug-likeness (QED) is 0.696. The second kappa shape index (κ2) is 4.19. The molecule has 0 atom stereocenters. The van der Waals surface area contributed by atoms with Gasteiger partial charge >= 0.3 is 0 Å². The summed E-state index contributed by atoms with van der Waals surface area (Å²) in [6.45, 7) is 3.73. The molecule has 1 aromatic carbocycles. The van der Waals surface area contributed by atoms with E-state index < -0.39 is 0 Å². The molecule has 0 saturated heterocycles. The van der Waals surface area contributed by atoms with Crippen LogP contribution in [0.3, 0.4) is 0 Å². The molecular weight excluding hydrogens is 188 g/mol. The predicted octanol–water partition coefficient (Wildman–Crippen LogP) is 2.97. The highest BCUT2D eigenvalue weighted by molar-refractivity contribution is 6.30. The van der Waals surface area contributed by atoms with Crippen LogP contribution < -0.4 is 4.74 Å². The lowest BCUT2D eigenvalue weighted by Gasteiger charge is -2.09. The molecule has 2 nitrogen and oxygen atoms in total. The van der Waals surface area contributed by atoms with Gasteiger partial charge in [0.1, 0.15) is 11.5 Å². The van der Waals surface area contributed by atoms with Crippen molar-refractivity contribution in [3.63, 3.8) is 0 Å². The molecule has 0 amide bonds. The number of rotatable bonds is 3. The van der Waals surface area contributed by atoms with E-state index in [1.165, 1.54) is 0 Å². The lowest BCUT2D eigenvalue weighted by Crippen LogP contribution is -1.92. The van der Waals surface area contributed by atoms with E-state index in [0.717, 1.165) is 5.56 Å². The van der Waals surface area contributed by atoms with Gasteiger partial charge in [0.15, 0.2) is 0 Å². The summed E-state index contributed by atoms with van der Waals surface area (Å²) in [6, 6.07) is 5.29. The van der Waals surface area contributed by atoms with Crippen molar-refractivity contribution < 1.29 is 9.47 Å². The monoisotopic (exact) mass is 198 g/mol. The molecule has 0 saturated carbocycles. The maximum Gasteiger partial charge on any atom is 0.129 e. The van der Waals surface area contributed by atoms with Crippen LogP contribution in [0.25, 0.3) is 5.76 Å². The molecule has 0 N–H and O–H groups in total. The van der Waals surface area contributed by atoms with Crippen LogP contribution in [0.2, 0.25) is 5.02 Å². The van der Waals surface area contributed by atoms with Gasteiger partial charge < -0.3 is 9.47 Å². The highest BCUT2D eigenvalue weighted by Crippen LogP contribution is 2.28. The number of methoxy groups -OCH3 is 2. The molecule has 0 aliphatic heterocycles. The van der Waals surface area contributed by atoms with Gasteiger partial charge in [0, 0.05) is 5.02 Å². The summed E-state index contributed by atoms with van der Waals surface area (Å²) in [7, 11) is 3.15. The van der Waals surface area contributed by atoms with Crippen LogP contribution in [-0.4, -0.2) is 14.2 Å². The van der Waals surface area contributed by atoms with Crippen LogP contribution in [0, 0.1) is 0 Å². The van der Waals surface area contributed by atoms with Crippen LogP contribution in [0.15, 0.2) is 24.8 Å². The molecule has 70 valence electrons. The van der Waals surface area contributed by atoms with Gasteiger partial charge in [-0.25, -0.2) is 0 Å². The van der Waals surface area contributed by atoms with Crippen LogP contribution in [0.1, 0.15) is 5.56 Å². The van der Waals surface area contributed by atoms with Crippen molar-refractivity contribution in [1.29, 1.82) is 0 Å². The molecule has 3 heteroatoms. The third kappa shape index (κ3) is 2.16. The smallest absolute Gasteiger partial charge is 0.129 e. The second-order valence-corrected chi connectivity index (χ2v) is 2.91. The zero-order valence-corrected chi connectivity index (χ0v) is 8.39. The van der Waals surface area contributed by atoms with Gasteiger partial charge in [-0.05, 0) is 18.2 Å². The van der Waals surface area contributed by atoms with Crippen molar-refractivity contribution in [2.45, 2.75) is 0 Å². The average molecular weight is 199 g/mol. The molecule has 0 aliphatic carbocycles. The molecule has 0 unspecified atom stereocenters. The molecule has 1 rings (SSSR count). The van der Waals surface area contributed by atoms with E-state index in [1.807, 2.05) is 0 Å². The Morgan fingerprint density at radius 2 is 2.08 bits per heavy atom. The lowest BCUT2D eigenvalue weighted by atomic mass is 10.2. The van der Waals surface area contributed by atoms with E-state index in [2.05, 4.69) is 6.58 Å². The van der Waals surface area contributed by atoms with E-state index in [9.17, 15) is 0 Å². The summed E-state index contributed by atoms with van der Waals surface area (Å²) in [5, 5.41) is 0.633. The van der Waals surface area contributed by atoms with E-state index >= 15 is 0 Å². The van der Waals surface area contributed by atoms with Crippen molar-refractivity contribution in [3.05, 3.63) is 35.4 Å². The zero-order chi connectivity index (χ0) is 9.84. The first-order chi connectivity index (χ1) is 6.19. The fourth-order valence-electron chi connectivity index (χ4n) is 1.01. The largest absolute Gasteiger partial charge is 0.497 e. The van der Waals surface area contributed by atoms with Crippen molar-refractivity contribution in [2.24, 2.45) is 0 Å². The topological polar surface area (TPSA) is 18.5 Å². The normalized spacial score (nSPS) is 9.46. The third-order valence-electron chi connectivity index (χ3n) is 1.71. The Morgan fingerprint density at radius 3 is 2.62 bits per heavy atom. The maximum atomic E-state index is 5.82. The van der Waals surface area contributed by atoms with Gasteiger partial charge in [0.25, 0.3) is 0 Å². The van der Waals surface area contributed by atoms with E-state index in [-0.39, 0.29) is 0 Å². The summed E-state index contributed by atoms with van der Waals surface area (Å²) in [6.07, 6.45) is 0. The fraction of sp³-hybridized carbons (Fsp3) is 0.200. The predicted molar refractivity (Wildman–Crippen MR) is 54.0 cm³/mol. The Labute approximate surface area is 82.7 Å². The van der Waals surface area contributed by atoms with Crippen LogP contribution in [-0.2, 0) is 4.74 Å². The summed E-state index contributed by atoms with van der Waals surface area (Å²) >= 11 is 5.82. The van der Waals surface area contributed by atoms with Gasteiger partial charge in [-0.1, -0.05) is 18.2 Å². The molecule has 0 aromatic heterocycles. The van der Waals surface area contributed by atoms with Crippen molar-refractivity contribution in [3.8, 4) is 5.75 Å². The van der Waals surface area contributed by atoms with Gasteiger partial charge in [-0.2, -0.15) is 0 Å². The SMILES string of the molecule is C=C(OC)c1cc(Cl)ccc1OC. The minimum Gasteiger partial charge on any atom is -0.497 e. The number of ether oxygens (including phenoxy) is 2. The average Bonchev–Trinajstić information content (AvgIpc) is 2.16. The molecule has 0 bridgehead atoms. The second-order valence-electron chi connectivity index (χ2n) is 2.47. The fourth-order valence-corrected chi connectivity index (χ4v) is 1.18. The number of benzene rings is 1. The summed E-state index contributed by atoms with van der Waals surface area (Å²) in [4.78, 5) is 0. The minimum atomic E-state index is 0.541. The number of halogens is 1. The molecule has 0 fully saturated rings. The summed E-state index contributed by atoms with van der Waals surface area (Å²) < 4.78 is 10.1. The van der Waals surface area contributed by atoms with Gasteiger partial charge in [-0.3, -0.25) is 0 Å². The Balaban J connectivity index is 3.15. The third-order valence-corrected chi connectivity index (χ3v) is 1.94. The summed E-state index contributed by atoms with van der Waals surface area (Å²) in [5.41, 5.74) is 0.775. The van der Waals surface area contributed by atoms with E-state index in [0.29, 0.717) is 16.5 Å². The number of hydrogen-bond acceptors (Lipinski definition) is 2. The first-order valence-electron chi connectivity index (χ1n) is 3.76.